The van der Waals surface area contributed by atoms with Gasteiger partial charge in [0.1, 0.15) is 4.88 Å². The first kappa shape index (κ1) is 16.7. The average Bonchev–Trinajstić information content (AvgIpc) is 3.08. The Balaban J connectivity index is 1.74. The highest BCUT2D eigenvalue weighted by Gasteiger charge is 2.17. The van der Waals surface area contributed by atoms with Crippen molar-refractivity contribution < 1.29 is 19.2 Å². The average molecular weight is 354 g/mol. The maximum atomic E-state index is 12.4. The van der Waals surface area contributed by atoms with Gasteiger partial charge in [0.15, 0.2) is 0 Å². The molecule has 0 saturated carbocycles. The van der Waals surface area contributed by atoms with Gasteiger partial charge < -0.3 is 10.2 Å². The van der Waals surface area contributed by atoms with E-state index < -0.39 is 5.97 Å². The van der Waals surface area contributed by atoms with Crippen LogP contribution in [0.2, 0.25) is 0 Å². The van der Waals surface area contributed by atoms with Crippen LogP contribution in [0.1, 0.15) is 15.2 Å². The molecule has 2 N–H and O–H groups in total. The van der Waals surface area contributed by atoms with Gasteiger partial charge in [-0.3, -0.25) is 9.59 Å². The smallest absolute Gasteiger partial charge is 0.335 e. The van der Waals surface area contributed by atoms with Crippen molar-refractivity contribution in [1.82, 2.24) is 5.48 Å². The lowest BCUT2D eigenvalue weighted by Crippen LogP contribution is -2.20. The Kier molecular flexibility index (Phi) is 5.06. The Morgan fingerprint density at radius 3 is 2.72 bits per heavy atom. The van der Waals surface area contributed by atoms with Crippen molar-refractivity contribution in [3.05, 3.63) is 64.4 Å². The zero-order chi connectivity index (χ0) is 17.6. The van der Waals surface area contributed by atoms with Crippen molar-refractivity contribution in [3.63, 3.8) is 0 Å². The van der Waals surface area contributed by atoms with Crippen LogP contribution in [0.3, 0.4) is 0 Å². The number of hydroxylamine groups is 1. The minimum absolute atomic E-state index is 0.179. The normalized spacial score (nSPS) is 10.2. The summed E-state index contributed by atoms with van der Waals surface area (Å²) in [4.78, 5) is 39.1. The van der Waals surface area contributed by atoms with E-state index >= 15 is 0 Å². The largest absolute Gasteiger partial charge is 0.374 e. The third kappa shape index (κ3) is 3.84. The number of carbonyl (C=O) groups excluding carboxylic acids is 3. The summed E-state index contributed by atoms with van der Waals surface area (Å²) in [5, 5.41) is 6.45. The number of carbonyl (C=O) groups is 3. The maximum absolute atomic E-state index is 12.4. The molecule has 0 radical (unpaired) electrons. The Hall–Kier alpha value is -3.19. The van der Waals surface area contributed by atoms with Gasteiger partial charge in [-0.25, -0.2) is 4.79 Å². The topological polar surface area (TPSA) is 84.5 Å². The number of benzene rings is 2. The zero-order valence-corrected chi connectivity index (χ0v) is 13.8. The van der Waals surface area contributed by atoms with E-state index in [-0.39, 0.29) is 23.6 Å². The summed E-state index contributed by atoms with van der Waals surface area (Å²) in [6.07, 6.45) is 0.433. The third-order valence-electron chi connectivity index (χ3n) is 3.56. The molecule has 0 fully saturated rings. The summed E-state index contributed by atoms with van der Waals surface area (Å²) in [6.45, 7) is 0. The first-order valence-corrected chi connectivity index (χ1v) is 8.31. The van der Waals surface area contributed by atoms with Crippen LogP contribution in [0, 0.1) is 0 Å². The van der Waals surface area contributed by atoms with Crippen molar-refractivity contribution in [2.45, 2.75) is 6.42 Å². The Morgan fingerprint density at radius 2 is 1.88 bits per heavy atom. The monoisotopic (exact) mass is 354 g/mol. The van der Waals surface area contributed by atoms with E-state index in [0.29, 0.717) is 5.69 Å². The molecule has 1 aromatic heterocycles. The van der Waals surface area contributed by atoms with E-state index in [0.717, 1.165) is 27.7 Å². The number of anilines is 1. The predicted molar refractivity (Wildman–Crippen MR) is 95.2 cm³/mol. The quantitative estimate of drug-likeness (QED) is 0.527. The molecule has 0 aliphatic carbocycles. The fraction of sp³-hybridized carbons (Fsp3) is 0.0556. The van der Waals surface area contributed by atoms with Crippen LogP contribution < -0.4 is 10.8 Å². The molecule has 0 spiro atoms. The molecule has 0 atom stereocenters. The lowest BCUT2D eigenvalue weighted by atomic mass is 10.0. The Labute approximate surface area is 147 Å². The van der Waals surface area contributed by atoms with E-state index in [1.54, 1.807) is 11.4 Å². The Bertz CT molecular complexity index is 930. The fourth-order valence-electron chi connectivity index (χ4n) is 2.50. The van der Waals surface area contributed by atoms with Crippen molar-refractivity contribution in [3.8, 4) is 0 Å². The predicted octanol–water partition coefficient (Wildman–Crippen LogP) is 2.90. The highest BCUT2D eigenvalue weighted by molar-refractivity contribution is 7.12. The van der Waals surface area contributed by atoms with Crippen molar-refractivity contribution in [1.29, 1.82) is 0 Å². The number of hydrogen-bond acceptors (Lipinski definition) is 5. The molecule has 2 amide bonds. The third-order valence-corrected chi connectivity index (χ3v) is 4.45. The number of rotatable bonds is 6. The van der Waals surface area contributed by atoms with E-state index in [4.69, 9.17) is 0 Å². The van der Waals surface area contributed by atoms with Gasteiger partial charge in [0, 0.05) is 0 Å². The molecule has 0 saturated heterocycles. The molecule has 3 rings (SSSR count). The van der Waals surface area contributed by atoms with Crippen molar-refractivity contribution in [2.24, 2.45) is 0 Å². The lowest BCUT2D eigenvalue weighted by Gasteiger charge is -2.08. The molecule has 2 aromatic carbocycles. The number of amides is 2. The first-order chi connectivity index (χ1) is 12.2. The highest BCUT2D eigenvalue weighted by atomic mass is 32.1. The van der Waals surface area contributed by atoms with E-state index in [1.165, 1.54) is 0 Å². The van der Waals surface area contributed by atoms with Crippen molar-refractivity contribution in [2.75, 3.05) is 5.32 Å². The second kappa shape index (κ2) is 7.59. The highest BCUT2D eigenvalue weighted by Crippen LogP contribution is 2.24. The van der Waals surface area contributed by atoms with E-state index in [9.17, 15) is 14.4 Å². The molecule has 0 bridgehead atoms. The van der Waals surface area contributed by atoms with Crippen LogP contribution in [0.15, 0.2) is 53.9 Å². The van der Waals surface area contributed by atoms with Gasteiger partial charge in [-0.05, 0) is 27.8 Å². The summed E-state index contributed by atoms with van der Waals surface area (Å²) in [5.41, 5.74) is 3.10. The van der Waals surface area contributed by atoms with Crippen LogP contribution in [0.25, 0.3) is 10.8 Å². The molecule has 1 heterocycles. The SMILES string of the molecule is O=CNOC(=O)c1sccc1NC(=O)Cc1cccc2ccccc12. The summed E-state index contributed by atoms with van der Waals surface area (Å²) in [6, 6.07) is 15.2. The van der Waals surface area contributed by atoms with Crippen LogP contribution in [-0.2, 0) is 20.8 Å². The number of thiophene rings is 1. The molecule has 7 heteroatoms. The van der Waals surface area contributed by atoms with Crippen LogP contribution in [0.5, 0.6) is 0 Å². The van der Waals surface area contributed by atoms with Gasteiger partial charge in [0.05, 0.1) is 12.1 Å². The molecular weight excluding hydrogens is 340 g/mol. The van der Waals surface area contributed by atoms with E-state index in [2.05, 4.69) is 10.2 Å². The minimum Gasteiger partial charge on any atom is -0.335 e. The Morgan fingerprint density at radius 1 is 1.08 bits per heavy atom. The molecular formula is C18H14N2O4S. The molecule has 0 unspecified atom stereocenters. The summed E-state index contributed by atoms with van der Waals surface area (Å²) < 4.78 is 0. The maximum Gasteiger partial charge on any atom is 0.374 e. The lowest BCUT2D eigenvalue weighted by molar-refractivity contribution is -0.117. The second-order valence-corrected chi connectivity index (χ2v) is 6.07. The molecule has 126 valence electrons. The second-order valence-electron chi connectivity index (χ2n) is 5.15. The van der Waals surface area contributed by atoms with E-state index in [1.807, 2.05) is 47.9 Å². The van der Waals surface area contributed by atoms with Gasteiger partial charge in [0.2, 0.25) is 12.3 Å². The van der Waals surface area contributed by atoms with Crippen LogP contribution in [0.4, 0.5) is 5.69 Å². The summed E-state index contributed by atoms with van der Waals surface area (Å²) in [5.74, 6) is -0.977. The molecule has 0 aliphatic rings. The summed E-state index contributed by atoms with van der Waals surface area (Å²) in [7, 11) is 0. The minimum atomic E-state index is -0.734. The number of nitrogens with one attached hydrogen (secondary N) is 2. The first-order valence-electron chi connectivity index (χ1n) is 7.43. The zero-order valence-electron chi connectivity index (χ0n) is 13.0. The van der Waals surface area contributed by atoms with Crippen molar-refractivity contribution >= 4 is 46.1 Å². The van der Waals surface area contributed by atoms with Crippen LogP contribution >= 0.6 is 11.3 Å². The summed E-state index contributed by atoms with van der Waals surface area (Å²) >= 11 is 1.11. The molecule has 25 heavy (non-hydrogen) atoms. The molecule has 0 aliphatic heterocycles. The van der Waals surface area contributed by atoms with Crippen LogP contribution in [-0.4, -0.2) is 18.3 Å². The molecule has 6 nitrogen and oxygen atoms in total. The van der Waals surface area contributed by atoms with Gasteiger partial charge >= 0.3 is 5.97 Å². The standard InChI is InChI=1S/C18H14N2O4S/c21-11-19-24-18(23)17-15(8-9-25-17)20-16(22)10-13-6-3-5-12-4-1-2-7-14(12)13/h1-9,11H,10H2,(H,19,21)(H,20,22). The number of hydrogen-bond donors (Lipinski definition) is 2. The fourth-order valence-corrected chi connectivity index (χ4v) is 3.23. The van der Waals surface area contributed by atoms with Gasteiger partial charge in [-0.15, -0.1) is 11.3 Å². The van der Waals surface area contributed by atoms with Gasteiger partial charge in [-0.2, -0.15) is 5.48 Å². The number of fused-ring (bicyclic) bond motifs is 1. The van der Waals surface area contributed by atoms with Gasteiger partial charge in [0.25, 0.3) is 0 Å². The molecule has 3 aromatic rings. The van der Waals surface area contributed by atoms with Gasteiger partial charge in [-0.1, -0.05) is 42.5 Å².